The Morgan fingerprint density at radius 2 is 2.26 bits per heavy atom. The maximum Gasteiger partial charge on any atom is 0.155 e. The van der Waals surface area contributed by atoms with E-state index in [-0.39, 0.29) is 0 Å². The van der Waals surface area contributed by atoms with Gasteiger partial charge in [0.2, 0.25) is 0 Å². The lowest BCUT2D eigenvalue weighted by Gasteiger charge is -2.16. The highest BCUT2D eigenvalue weighted by atomic mass is 79.9. The Hall–Kier alpha value is -0.940. The molecule has 102 valence electrons. The molecule has 1 saturated carbocycles. The Labute approximate surface area is 121 Å². The van der Waals surface area contributed by atoms with Crippen LogP contribution >= 0.6 is 15.9 Å². The molecule has 3 rings (SSSR count). The third-order valence-electron chi connectivity index (χ3n) is 3.82. The molecule has 0 spiro atoms. The Kier molecular flexibility index (Phi) is 3.84. The molecule has 0 aromatic carbocycles. The van der Waals surface area contributed by atoms with Gasteiger partial charge in [0.15, 0.2) is 5.65 Å². The number of hydrogen-bond donors (Lipinski definition) is 1. The number of fused-ring (bicyclic) bond motifs is 1. The molecule has 1 N–H and O–H groups in total. The summed E-state index contributed by atoms with van der Waals surface area (Å²) >= 11 is 3.41. The SMILES string of the molecule is CCC(CC1CC1)NCc1cnc2cnc(Br)cn12. The van der Waals surface area contributed by atoms with Crippen molar-refractivity contribution < 1.29 is 0 Å². The molecule has 2 aromatic heterocycles. The zero-order valence-electron chi connectivity index (χ0n) is 11.1. The highest BCUT2D eigenvalue weighted by Crippen LogP contribution is 2.34. The molecule has 1 atom stereocenters. The lowest BCUT2D eigenvalue weighted by atomic mass is 10.1. The van der Waals surface area contributed by atoms with Gasteiger partial charge in [-0.2, -0.15) is 0 Å². The Morgan fingerprint density at radius 1 is 1.42 bits per heavy atom. The summed E-state index contributed by atoms with van der Waals surface area (Å²) in [5, 5.41) is 3.66. The first-order valence-corrected chi connectivity index (χ1v) is 7.76. The normalized spacial score (nSPS) is 16.9. The van der Waals surface area contributed by atoms with Crippen LogP contribution < -0.4 is 5.32 Å². The van der Waals surface area contributed by atoms with E-state index in [0.29, 0.717) is 6.04 Å². The highest BCUT2D eigenvalue weighted by Gasteiger charge is 2.24. The summed E-state index contributed by atoms with van der Waals surface area (Å²) in [4.78, 5) is 8.57. The molecular weight excluding hydrogens is 304 g/mol. The van der Waals surface area contributed by atoms with Gasteiger partial charge in [0.1, 0.15) is 4.60 Å². The molecule has 1 unspecified atom stereocenters. The average molecular weight is 323 g/mol. The summed E-state index contributed by atoms with van der Waals surface area (Å²) in [6.07, 6.45) is 11.0. The van der Waals surface area contributed by atoms with Crippen LogP contribution in [0.5, 0.6) is 0 Å². The van der Waals surface area contributed by atoms with Crippen molar-refractivity contribution in [2.24, 2.45) is 5.92 Å². The van der Waals surface area contributed by atoms with E-state index in [4.69, 9.17) is 0 Å². The van der Waals surface area contributed by atoms with Gasteiger partial charge in [0.25, 0.3) is 0 Å². The van der Waals surface area contributed by atoms with Crippen molar-refractivity contribution in [1.29, 1.82) is 0 Å². The Balaban J connectivity index is 1.68. The van der Waals surface area contributed by atoms with Gasteiger partial charge in [0.05, 0.1) is 18.1 Å². The van der Waals surface area contributed by atoms with E-state index >= 15 is 0 Å². The average Bonchev–Trinajstić information content (AvgIpc) is 3.15. The lowest BCUT2D eigenvalue weighted by Crippen LogP contribution is -2.28. The smallest absolute Gasteiger partial charge is 0.155 e. The summed E-state index contributed by atoms with van der Waals surface area (Å²) in [5.41, 5.74) is 2.09. The first-order valence-electron chi connectivity index (χ1n) is 6.97. The van der Waals surface area contributed by atoms with E-state index in [0.717, 1.165) is 22.7 Å². The van der Waals surface area contributed by atoms with Crippen LogP contribution in [0.2, 0.25) is 0 Å². The van der Waals surface area contributed by atoms with Gasteiger partial charge in [-0.05, 0) is 34.7 Å². The summed E-state index contributed by atoms with van der Waals surface area (Å²) in [6.45, 7) is 3.12. The summed E-state index contributed by atoms with van der Waals surface area (Å²) < 4.78 is 2.93. The van der Waals surface area contributed by atoms with Gasteiger partial charge in [-0.3, -0.25) is 4.40 Å². The Bertz CT molecular complexity index is 562. The first-order chi connectivity index (χ1) is 9.26. The minimum atomic E-state index is 0.628. The van der Waals surface area contributed by atoms with Crippen LogP contribution in [0.4, 0.5) is 0 Å². The van der Waals surface area contributed by atoms with Crippen LogP contribution in [0, 0.1) is 5.92 Å². The second-order valence-electron chi connectivity index (χ2n) is 5.35. The highest BCUT2D eigenvalue weighted by molar-refractivity contribution is 9.10. The molecule has 1 aliphatic rings. The number of aromatic nitrogens is 3. The zero-order valence-corrected chi connectivity index (χ0v) is 12.7. The summed E-state index contributed by atoms with van der Waals surface area (Å²) in [6, 6.07) is 0.628. The minimum absolute atomic E-state index is 0.628. The van der Waals surface area contributed by atoms with Crippen LogP contribution in [0.3, 0.4) is 0 Å². The molecule has 19 heavy (non-hydrogen) atoms. The van der Waals surface area contributed by atoms with Gasteiger partial charge < -0.3 is 5.32 Å². The lowest BCUT2D eigenvalue weighted by molar-refractivity contribution is 0.441. The van der Waals surface area contributed by atoms with Gasteiger partial charge >= 0.3 is 0 Å². The van der Waals surface area contributed by atoms with Gasteiger partial charge in [-0.25, -0.2) is 9.97 Å². The molecular formula is C14H19BrN4. The second-order valence-corrected chi connectivity index (χ2v) is 6.17. The third-order valence-corrected chi connectivity index (χ3v) is 4.23. The van der Waals surface area contributed by atoms with Crippen molar-refractivity contribution in [2.45, 2.75) is 45.2 Å². The van der Waals surface area contributed by atoms with E-state index in [2.05, 4.69) is 42.5 Å². The fraction of sp³-hybridized carbons (Fsp3) is 0.571. The van der Waals surface area contributed by atoms with E-state index in [1.54, 1.807) is 6.20 Å². The molecule has 0 aliphatic heterocycles. The number of hydrogen-bond acceptors (Lipinski definition) is 3. The van der Waals surface area contributed by atoms with Crippen LogP contribution in [0.15, 0.2) is 23.2 Å². The minimum Gasteiger partial charge on any atom is -0.308 e. The predicted octanol–water partition coefficient (Wildman–Crippen LogP) is 3.16. The van der Waals surface area contributed by atoms with Crippen molar-refractivity contribution in [3.05, 3.63) is 28.9 Å². The molecule has 0 amide bonds. The van der Waals surface area contributed by atoms with E-state index in [9.17, 15) is 0 Å². The maximum absolute atomic E-state index is 4.38. The Morgan fingerprint density at radius 3 is 3.00 bits per heavy atom. The molecule has 2 aromatic rings. The van der Waals surface area contributed by atoms with E-state index < -0.39 is 0 Å². The number of nitrogens with one attached hydrogen (secondary N) is 1. The maximum atomic E-state index is 4.38. The predicted molar refractivity (Wildman–Crippen MR) is 78.9 cm³/mol. The topological polar surface area (TPSA) is 42.2 Å². The van der Waals surface area contributed by atoms with Crippen molar-refractivity contribution in [2.75, 3.05) is 0 Å². The number of imidazole rings is 1. The summed E-state index contributed by atoms with van der Waals surface area (Å²) in [7, 11) is 0. The van der Waals surface area contributed by atoms with E-state index in [1.165, 1.54) is 31.4 Å². The second kappa shape index (κ2) is 5.59. The quantitative estimate of drug-likeness (QED) is 0.888. The molecule has 1 aliphatic carbocycles. The van der Waals surface area contributed by atoms with Gasteiger partial charge in [-0.1, -0.05) is 19.8 Å². The summed E-state index contributed by atoms with van der Waals surface area (Å²) in [5.74, 6) is 0.970. The number of halogens is 1. The fourth-order valence-electron chi connectivity index (χ4n) is 2.45. The fourth-order valence-corrected chi connectivity index (χ4v) is 2.75. The van der Waals surface area contributed by atoms with Crippen LogP contribution in [0.1, 0.15) is 38.3 Å². The molecule has 0 radical (unpaired) electrons. The van der Waals surface area contributed by atoms with E-state index in [1.807, 2.05) is 12.4 Å². The largest absolute Gasteiger partial charge is 0.308 e. The molecule has 0 bridgehead atoms. The molecule has 2 heterocycles. The van der Waals surface area contributed by atoms with Gasteiger partial charge in [-0.15, -0.1) is 0 Å². The van der Waals surface area contributed by atoms with Crippen molar-refractivity contribution in [3.8, 4) is 0 Å². The standard InChI is InChI=1S/C14H19BrN4/c1-2-11(5-10-3-4-10)16-6-12-7-18-14-8-17-13(15)9-19(12)14/h7-11,16H,2-6H2,1H3. The number of nitrogens with zero attached hydrogens (tertiary/aromatic N) is 3. The van der Waals surface area contributed by atoms with Gasteiger partial charge in [0, 0.05) is 18.8 Å². The van der Waals surface area contributed by atoms with Crippen LogP contribution in [-0.2, 0) is 6.54 Å². The van der Waals surface area contributed by atoms with Crippen LogP contribution in [-0.4, -0.2) is 20.4 Å². The molecule has 5 heteroatoms. The molecule has 1 fully saturated rings. The monoisotopic (exact) mass is 322 g/mol. The molecule has 4 nitrogen and oxygen atoms in total. The van der Waals surface area contributed by atoms with Crippen molar-refractivity contribution in [3.63, 3.8) is 0 Å². The molecule has 0 saturated heterocycles. The van der Waals surface area contributed by atoms with Crippen LogP contribution in [0.25, 0.3) is 5.65 Å². The van der Waals surface area contributed by atoms with Crippen molar-refractivity contribution in [1.82, 2.24) is 19.7 Å². The number of rotatable bonds is 6. The van der Waals surface area contributed by atoms with Crippen molar-refractivity contribution >= 4 is 21.6 Å². The first kappa shape index (κ1) is 13.1. The zero-order chi connectivity index (χ0) is 13.2. The third kappa shape index (κ3) is 3.15.